The molecule has 0 aliphatic carbocycles. The van der Waals surface area contributed by atoms with Crippen LogP contribution in [0.15, 0.2) is 109 Å². The van der Waals surface area contributed by atoms with Gasteiger partial charge in [-0.05, 0) is 0 Å². The van der Waals surface area contributed by atoms with Crippen LogP contribution in [0, 0.1) is 7.14 Å². The number of nitrogens with zero attached hydrogens (tertiary/aromatic N) is 1. The molecule has 6 aromatic rings. The van der Waals surface area contributed by atoms with Crippen molar-refractivity contribution in [2.45, 2.75) is 0 Å². The van der Waals surface area contributed by atoms with Crippen LogP contribution in [0.25, 0.3) is 43.1 Å². The van der Waals surface area contributed by atoms with E-state index in [1.165, 1.54) is 50.2 Å². The third-order valence-electron chi connectivity index (χ3n) is 5.74. The van der Waals surface area contributed by atoms with Crippen molar-refractivity contribution in [3.05, 3.63) is 116 Å². The zero-order chi connectivity index (χ0) is 21.5. The van der Waals surface area contributed by atoms with E-state index in [0.717, 1.165) is 0 Å². The van der Waals surface area contributed by atoms with E-state index in [0.29, 0.717) is 0 Å². The van der Waals surface area contributed by atoms with E-state index in [2.05, 4.69) is 132 Å². The topological polar surface area (TPSA) is 3.24 Å². The van der Waals surface area contributed by atoms with Crippen molar-refractivity contribution in [2.24, 2.45) is 0 Å². The van der Waals surface area contributed by atoms with Crippen LogP contribution in [0.3, 0.4) is 0 Å². The van der Waals surface area contributed by atoms with Crippen LogP contribution >= 0.6 is 22.9 Å². The molecule has 0 amide bonds. The first-order valence-corrected chi connectivity index (χ1v) is 15.4. The van der Waals surface area contributed by atoms with Crippen LogP contribution in [0.1, 0.15) is 0 Å². The average Bonchev–Trinajstić information content (AvgIpc) is 2.83. The van der Waals surface area contributed by atoms with Crippen LogP contribution < -0.4 is 43.0 Å². The molecule has 0 bridgehead atoms. The van der Waals surface area contributed by atoms with E-state index < -0.39 is 0 Å². The molecule has 0 spiro atoms. The molecule has 0 atom stereocenters. The molecule has 0 saturated carbocycles. The molecule has 158 valence electrons. The third-order valence-corrected chi connectivity index (χ3v) is 13.8. The number of hydrogen-bond donors (Lipinski definition) is 0. The Bertz CT molecular complexity index is 1490. The first-order valence-electron chi connectivity index (χ1n) is 10.3. The molecule has 6 aromatic carbocycles. The standard InChI is InChI=1S/C28H18I3N/c29-32(30-23-13-15-27-21(17-23)11-9-19-5-1-3-7-25(19)27)31-24-14-16-28-22(18-24)12-10-20-6-2-4-8-26(20)28/h1-18H/q-2. The van der Waals surface area contributed by atoms with E-state index in [1.54, 1.807) is 0 Å². The molecule has 0 unspecified atom stereocenters. The summed E-state index contributed by atoms with van der Waals surface area (Å²) in [5.41, 5.74) is 0. The van der Waals surface area contributed by atoms with E-state index >= 15 is 0 Å². The molecule has 32 heavy (non-hydrogen) atoms. The maximum absolute atomic E-state index is 2.58. The van der Waals surface area contributed by atoms with Gasteiger partial charge in [0.25, 0.3) is 0 Å². The van der Waals surface area contributed by atoms with Gasteiger partial charge in [0.05, 0.1) is 0 Å². The second-order valence-electron chi connectivity index (χ2n) is 7.67. The van der Waals surface area contributed by atoms with Gasteiger partial charge in [-0.15, -0.1) is 0 Å². The Hall–Kier alpha value is -1.49. The predicted molar refractivity (Wildman–Crippen MR) is 136 cm³/mol. The number of benzene rings is 6. The van der Waals surface area contributed by atoms with Gasteiger partial charge in [-0.3, -0.25) is 0 Å². The number of rotatable bonds is 4. The fourth-order valence-electron chi connectivity index (χ4n) is 4.24. The molecule has 6 rings (SSSR count). The van der Waals surface area contributed by atoms with Crippen LogP contribution in [0.4, 0.5) is 0 Å². The van der Waals surface area contributed by atoms with Gasteiger partial charge in [0.2, 0.25) is 0 Å². The van der Waals surface area contributed by atoms with Gasteiger partial charge in [0, 0.05) is 0 Å². The van der Waals surface area contributed by atoms with Gasteiger partial charge >= 0.3 is 225 Å². The molecular weight excluding hydrogens is 731 g/mol. The van der Waals surface area contributed by atoms with Crippen LogP contribution in [0.2, 0.25) is 0 Å². The van der Waals surface area contributed by atoms with Gasteiger partial charge in [0.15, 0.2) is 0 Å². The van der Waals surface area contributed by atoms with E-state index in [1.807, 2.05) is 0 Å². The molecule has 0 aliphatic rings. The Kier molecular flexibility index (Phi) is 5.95. The van der Waals surface area contributed by atoms with Crippen molar-refractivity contribution in [1.29, 1.82) is 0 Å². The van der Waals surface area contributed by atoms with E-state index in [4.69, 9.17) is 0 Å². The van der Waals surface area contributed by atoms with Gasteiger partial charge < -0.3 is 0 Å². The van der Waals surface area contributed by atoms with Crippen LogP contribution in [-0.4, -0.2) is -0.460 Å². The predicted octanol–water partition coefficient (Wildman–Crippen LogP) is 2.00. The molecule has 0 N–H and O–H groups in total. The Morgan fingerprint density at radius 3 is 1.34 bits per heavy atom. The molecular formula is C28H18I3N-2. The molecule has 0 aliphatic heterocycles. The van der Waals surface area contributed by atoms with Crippen molar-refractivity contribution in [1.82, 2.24) is -0.460 Å². The SMILES string of the molecule is IN([I-]c1ccc2c(ccc3ccccc32)c1)[I-]c1ccc2c(ccc3ccccc32)c1. The summed E-state index contributed by atoms with van der Waals surface area (Å²) in [4.78, 5) is 0. The van der Waals surface area contributed by atoms with Crippen molar-refractivity contribution in [2.75, 3.05) is 0 Å². The number of fused-ring (bicyclic) bond motifs is 6. The monoisotopic (exact) mass is 749 g/mol. The summed E-state index contributed by atoms with van der Waals surface area (Å²) in [6, 6.07) is 40.5. The fourth-order valence-corrected chi connectivity index (χ4v) is 13.1. The molecule has 0 fully saturated rings. The van der Waals surface area contributed by atoms with Gasteiger partial charge in [-0.2, -0.15) is 0 Å². The first kappa shape index (κ1) is 21.1. The van der Waals surface area contributed by atoms with Crippen LogP contribution in [0.5, 0.6) is 0 Å². The Balaban J connectivity index is 1.25. The summed E-state index contributed by atoms with van der Waals surface area (Å²) in [5.74, 6) is 0. The normalized spacial score (nSPS) is 12.1. The van der Waals surface area contributed by atoms with Crippen LogP contribution in [-0.2, 0) is 0 Å². The number of hydrogen-bond acceptors (Lipinski definition) is 1. The summed E-state index contributed by atoms with van der Waals surface area (Å²) in [5, 5.41) is 10.7. The summed E-state index contributed by atoms with van der Waals surface area (Å²) in [6.07, 6.45) is 0. The molecule has 0 radical (unpaired) electrons. The summed E-state index contributed by atoms with van der Waals surface area (Å²) in [6.45, 7) is 0. The van der Waals surface area contributed by atoms with Crippen molar-refractivity contribution < 1.29 is 43.0 Å². The second kappa shape index (κ2) is 9.04. The molecule has 0 heterocycles. The van der Waals surface area contributed by atoms with Crippen molar-refractivity contribution in [3.8, 4) is 0 Å². The van der Waals surface area contributed by atoms with E-state index in [-0.39, 0.29) is 43.0 Å². The van der Waals surface area contributed by atoms with Gasteiger partial charge in [-0.1, -0.05) is 0 Å². The zero-order valence-corrected chi connectivity index (χ0v) is 23.4. The molecule has 1 nitrogen and oxygen atoms in total. The van der Waals surface area contributed by atoms with E-state index in [9.17, 15) is 0 Å². The Labute approximate surface area is 222 Å². The zero-order valence-electron chi connectivity index (χ0n) is 17.0. The second-order valence-corrected chi connectivity index (χ2v) is 19.6. The minimum atomic E-state index is -0.185. The quantitative estimate of drug-likeness (QED) is 0.152. The summed E-state index contributed by atoms with van der Waals surface area (Å²) < 4.78 is 5.54. The maximum atomic E-state index is 2.58. The molecule has 4 heteroatoms. The Morgan fingerprint density at radius 2 is 0.844 bits per heavy atom. The third kappa shape index (κ3) is 4.10. The average molecular weight is 749 g/mol. The Morgan fingerprint density at radius 1 is 0.438 bits per heavy atom. The molecule has 0 aromatic heterocycles. The van der Waals surface area contributed by atoms with Crippen molar-refractivity contribution in [3.63, 3.8) is 0 Å². The minimum absolute atomic E-state index is 0.185. The number of halogens is 3. The van der Waals surface area contributed by atoms with Gasteiger partial charge in [-0.25, -0.2) is 0 Å². The first-order chi connectivity index (χ1) is 15.7. The summed E-state index contributed by atoms with van der Waals surface area (Å²) >= 11 is 2.19. The fraction of sp³-hybridized carbons (Fsp3) is 0. The molecule has 0 saturated heterocycles. The summed E-state index contributed by atoms with van der Waals surface area (Å²) in [7, 11) is 0. The van der Waals surface area contributed by atoms with Gasteiger partial charge in [0.1, 0.15) is 0 Å². The van der Waals surface area contributed by atoms with Crippen molar-refractivity contribution >= 4 is 66.0 Å².